The van der Waals surface area contributed by atoms with Crippen molar-refractivity contribution in [3.8, 4) is 5.75 Å². The van der Waals surface area contributed by atoms with E-state index in [0.717, 1.165) is 18.4 Å². The normalized spacial score (nSPS) is 26.6. The number of piperidine rings is 1. The molecule has 2 heterocycles. The van der Waals surface area contributed by atoms with Crippen LogP contribution in [0.25, 0.3) is 0 Å². The lowest BCUT2D eigenvalue weighted by Crippen LogP contribution is -2.45. The molecule has 0 aromatic heterocycles. The minimum absolute atomic E-state index is 0.0652. The van der Waals surface area contributed by atoms with E-state index >= 15 is 0 Å². The van der Waals surface area contributed by atoms with Crippen molar-refractivity contribution in [3.05, 3.63) is 29.3 Å². The highest BCUT2D eigenvalue weighted by molar-refractivity contribution is 5.67. The fourth-order valence-electron chi connectivity index (χ4n) is 2.98. The molecular weight excluding hydrogens is 206 g/mol. The fourth-order valence-corrected chi connectivity index (χ4v) is 2.98. The summed E-state index contributed by atoms with van der Waals surface area (Å²) in [5.74, 6) is 0.522. The van der Waals surface area contributed by atoms with Crippen LogP contribution in [0.5, 0.6) is 5.75 Å². The van der Waals surface area contributed by atoms with Crippen molar-refractivity contribution in [2.24, 2.45) is 0 Å². The van der Waals surface area contributed by atoms with E-state index in [1.165, 1.54) is 10.5 Å². The first-order chi connectivity index (χ1) is 7.66. The number of amides is 1. The minimum Gasteiger partial charge on any atom is -0.508 e. The Morgan fingerprint density at radius 2 is 2.12 bits per heavy atom. The average Bonchev–Trinajstić information content (AvgIpc) is 2.29. The molecule has 1 amide bonds. The lowest BCUT2D eigenvalue weighted by molar-refractivity contribution is 0.0892. The summed E-state index contributed by atoms with van der Waals surface area (Å²) in [5, 5.41) is 18.6. The number of hydrogen-bond donors (Lipinski definition) is 2. The molecule has 4 nitrogen and oxygen atoms in total. The molecule has 1 saturated heterocycles. The average molecular weight is 219 g/mol. The van der Waals surface area contributed by atoms with Crippen molar-refractivity contribution in [3.63, 3.8) is 0 Å². The van der Waals surface area contributed by atoms with Crippen molar-refractivity contribution < 1.29 is 15.0 Å². The van der Waals surface area contributed by atoms with Gasteiger partial charge in [-0.05, 0) is 36.1 Å². The second-order valence-corrected chi connectivity index (χ2v) is 4.54. The smallest absolute Gasteiger partial charge is 0.407 e. The highest BCUT2D eigenvalue weighted by Crippen LogP contribution is 2.47. The maximum absolute atomic E-state index is 11.1. The van der Waals surface area contributed by atoms with E-state index in [-0.39, 0.29) is 11.8 Å². The van der Waals surface area contributed by atoms with Crippen LogP contribution in [-0.2, 0) is 0 Å². The van der Waals surface area contributed by atoms with Crippen LogP contribution in [0.2, 0.25) is 0 Å². The predicted molar refractivity (Wildman–Crippen MR) is 57.6 cm³/mol. The standard InChI is InChI=1S/C12H13NO3/c14-8-2-3-9-7-1-4-11(10(9)5-8)13(6-7)12(15)16/h2-3,5,7,11,14H,1,4,6H2,(H,15,16). The topological polar surface area (TPSA) is 60.8 Å². The van der Waals surface area contributed by atoms with Gasteiger partial charge in [0.05, 0.1) is 6.04 Å². The Hall–Kier alpha value is -1.71. The van der Waals surface area contributed by atoms with Crippen LogP contribution in [0.1, 0.15) is 35.9 Å². The Morgan fingerprint density at radius 3 is 2.88 bits per heavy atom. The van der Waals surface area contributed by atoms with Crippen LogP contribution in [0, 0.1) is 0 Å². The van der Waals surface area contributed by atoms with Crippen molar-refractivity contribution in [1.29, 1.82) is 0 Å². The monoisotopic (exact) mass is 219 g/mol. The lowest BCUT2D eigenvalue weighted by Gasteiger charge is -2.45. The molecule has 0 radical (unpaired) electrons. The molecule has 2 bridgehead atoms. The van der Waals surface area contributed by atoms with Crippen molar-refractivity contribution in [1.82, 2.24) is 4.90 Å². The number of carbonyl (C=O) groups is 1. The van der Waals surface area contributed by atoms with Gasteiger partial charge in [0.1, 0.15) is 5.75 Å². The fraction of sp³-hybridized carbons (Fsp3) is 0.417. The van der Waals surface area contributed by atoms with Gasteiger partial charge in [0.25, 0.3) is 0 Å². The number of aromatic hydroxyl groups is 1. The molecule has 2 N–H and O–H groups in total. The van der Waals surface area contributed by atoms with Gasteiger partial charge in [-0.25, -0.2) is 4.79 Å². The molecule has 4 heteroatoms. The third-order valence-electron chi connectivity index (χ3n) is 3.70. The Balaban J connectivity index is 2.10. The predicted octanol–water partition coefficient (Wildman–Crippen LogP) is 2.30. The second-order valence-electron chi connectivity index (χ2n) is 4.54. The summed E-state index contributed by atoms with van der Waals surface area (Å²) in [6.07, 6.45) is 1.06. The second kappa shape index (κ2) is 3.14. The first-order valence-corrected chi connectivity index (χ1v) is 5.49. The third-order valence-corrected chi connectivity index (χ3v) is 3.70. The first-order valence-electron chi connectivity index (χ1n) is 5.49. The highest BCUT2D eigenvalue weighted by Gasteiger charge is 2.40. The van der Waals surface area contributed by atoms with E-state index in [9.17, 15) is 9.90 Å². The van der Waals surface area contributed by atoms with Gasteiger partial charge in [-0.15, -0.1) is 0 Å². The molecule has 1 aromatic carbocycles. The van der Waals surface area contributed by atoms with Crippen molar-refractivity contribution in [2.45, 2.75) is 24.8 Å². The van der Waals surface area contributed by atoms with Crippen molar-refractivity contribution in [2.75, 3.05) is 6.54 Å². The van der Waals surface area contributed by atoms with Gasteiger partial charge in [0.15, 0.2) is 0 Å². The quantitative estimate of drug-likeness (QED) is 0.703. The largest absolute Gasteiger partial charge is 0.508 e. The molecule has 4 rings (SSSR count). The summed E-state index contributed by atoms with van der Waals surface area (Å²) in [7, 11) is 0. The van der Waals surface area contributed by atoms with E-state index in [0.29, 0.717) is 12.5 Å². The van der Waals surface area contributed by atoms with E-state index in [1.807, 2.05) is 6.07 Å². The number of fused-ring (bicyclic) bond motifs is 2. The van der Waals surface area contributed by atoms with Gasteiger partial charge in [-0.1, -0.05) is 6.07 Å². The molecule has 3 aliphatic rings. The number of phenols is 1. The Morgan fingerprint density at radius 1 is 1.31 bits per heavy atom. The zero-order valence-corrected chi connectivity index (χ0v) is 8.76. The summed E-state index contributed by atoms with van der Waals surface area (Å²) in [5.41, 5.74) is 2.21. The van der Waals surface area contributed by atoms with E-state index < -0.39 is 6.09 Å². The minimum atomic E-state index is -0.858. The highest BCUT2D eigenvalue weighted by atomic mass is 16.4. The number of benzene rings is 1. The van der Waals surface area contributed by atoms with E-state index in [1.54, 1.807) is 12.1 Å². The van der Waals surface area contributed by atoms with E-state index in [2.05, 4.69) is 0 Å². The first kappa shape index (κ1) is 9.51. The molecule has 1 aliphatic carbocycles. The van der Waals surface area contributed by atoms with Crippen LogP contribution in [-0.4, -0.2) is 27.8 Å². The van der Waals surface area contributed by atoms with E-state index in [4.69, 9.17) is 5.11 Å². The Bertz CT molecular complexity index is 458. The zero-order valence-electron chi connectivity index (χ0n) is 8.76. The van der Waals surface area contributed by atoms with Gasteiger partial charge in [0.2, 0.25) is 0 Å². The molecule has 2 aliphatic heterocycles. The van der Waals surface area contributed by atoms with Crippen LogP contribution in [0.3, 0.4) is 0 Å². The summed E-state index contributed by atoms with van der Waals surface area (Å²) >= 11 is 0. The van der Waals surface area contributed by atoms with Gasteiger partial charge >= 0.3 is 6.09 Å². The summed E-state index contributed by atoms with van der Waals surface area (Å²) in [4.78, 5) is 12.6. The maximum Gasteiger partial charge on any atom is 0.407 e. The number of hydrogen-bond acceptors (Lipinski definition) is 2. The van der Waals surface area contributed by atoms with Crippen LogP contribution >= 0.6 is 0 Å². The van der Waals surface area contributed by atoms with Gasteiger partial charge < -0.3 is 15.1 Å². The lowest BCUT2D eigenvalue weighted by atomic mass is 9.75. The van der Waals surface area contributed by atoms with Gasteiger partial charge in [-0.3, -0.25) is 0 Å². The Kier molecular flexibility index (Phi) is 1.87. The molecule has 1 aromatic rings. The van der Waals surface area contributed by atoms with Crippen LogP contribution in [0.15, 0.2) is 18.2 Å². The maximum atomic E-state index is 11.1. The molecular formula is C12H13NO3. The zero-order chi connectivity index (χ0) is 11.3. The molecule has 84 valence electrons. The molecule has 16 heavy (non-hydrogen) atoms. The molecule has 0 saturated carbocycles. The third kappa shape index (κ3) is 1.19. The SMILES string of the molecule is O=C(O)N1CC2CCC1c1cc(O)ccc12. The molecule has 0 spiro atoms. The van der Waals surface area contributed by atoms with Gasteiger partial charge in [-0.2, -0.15) is 0 Å². The van der Waals surface area contributed by atoms with Crippen LogP contribution < -0.4 is 0 Å². The van der Waals surface area contributed by atoms with Gasteiger partial charge in [0, 0.05) is 12.5 Å². The molecule has 1 fully saturated rings. The Labute approximate surface area is 93.1 Å². The number of phenolic OH excluding ortho intramolecular Hbond substituents is 1. The number of nitrogens with zero attached hydrogens (tertiary/aromatic N) is 1. The van der Waals surface area contributed by atoms with Crippen LogP contribution in [0.4, 0.5) is 4.79 Å². The summed E-state index contributed by atoms with van der Waals surface area (Å²) < 4.78 is 0. The molecule has 2 atom stereocenters. The number of rotatable bonds is 0. The summed E-state index contributed by atoms with van der Waals surface area (Å²) in [6, 6.07) is 5.26. The number of carboxylic acid groups (broad SMARTS) is 1. The summed E-state index contributed by atoms with van der Waals surface area (Å²) in [6.45, 7) is 0.595. The molecule has 2 unspecified atom stereocenters. The van der Waals surface area contributed by atoms with Crippen molar-refractivity contribution >= 4 is 6.09 Å².